The molecule has 2 saturated carbocycles. The fraction of sp³-hybridized carbons (Fsp3) is 0.867. The minimum atomic E-state index is 0.793. The third-order valence-corrected chi connectivity index (χ3v) is 4.77. The minimum absolute atomic E-state index is 0.793. The van der Waals surface area contributed by atoms with Gasteiger partial charge in [0.15, 0.2) is 0 Å². The number of hydrogen-bond acceptors (Lipinski definition) is 4. The lowest BCUT2D eigenvalue weighted by Gasteiger charge is -2.19. The van der Waals surface area contributed by atoms with Crippen LogP contribution in [-0.4, -0.2) is 23.3 Å². The van der Waals surface area contributed by atoms with Crippen molar-refractivity contribution in [2.24, 2.45) is 17.8 Å². The van der Waals surface area contributed by atoms with E-state index in [0.29, 0.717) is 0 Å². The number of fused-ring (bicyclic) bond motifs is 2. The van der Waals surface area contributed by atoms with Gasteiger partial charge < -0.3 is 9.73 Å². The van der Waals surface area contributed by atoms with E-state index >= 15 is 0 Å². The van der Waals surface area contributed by atoms with Crippen LogP contribution in [0.1, 0.15) is 50.8 Å². The number of nitrogens with one attached hydrogen (secondary N) is 1. The molecule has 1 aromatic heterocycles. The van der Waals surface area contributed by atoms with E-state index in [9.17, 15) is 0 Å². The van der Waals surface area contributed by atoms with Crippen molar-refractivity contribution >= 4 is 0 Å². The molecule has 0 amide bonds. The normalized spacial score (nSPS) is 29.2. The lowest BCUT2D eigenvalue weighted by atomic mass is 9.86. The summed E-state index contributed by atoms with van der Waals surface area (Å²) in [5.41, 5.74) is 0. The summed E-state index contributed by atoms with van der Waals surface area (Å²) in [4.78, 5) is 0. The lowest BCUT2D eigenvalue weighted by molar-refractivity contribution is 0.303. The number of rotatable bonds is 7. The predicted molar refractivity (Wildman–Crippen MR) is 73.8 cm³/mol. The molecule has 2 aliphatic carbocycles. The van der Waals surface area contributed by atoms with Crippen LogP contribution in [0.15, 0.2) is 4.42 Å². The van der Waals surface area contributed by atoms with Gasteiger partial charge in [0.2, 0.25) is 11.8 Å². The molecule has 4 heteroatoms. The van der Waals surface area contributed by atoms with Crippen molar-refractivity contribution in [3.05, 3.63) is 11.8 Å². The highest BCUT2D eigenvalue weighted by atomic mass is 16.4. The molecule has 1 heterocycles. The van der Waals surface area contributed by atoms with Crippen LogP contribution < -0.4 is 5.32 Å². The summed E-state index contributed by atoms with van der Waals surface area (Å²) in [6.07, 6.45) is 8.75. The Hall–Kier alpha value is -0.900. The van der Waals surface area contributed by atoms with Gasteiger partial charge in [-0.2, -0.15) is 0 Å². The van der Waals surface area contributed by atoms with Crippen molar-refractivity contribution in [3.8, 4) is 0 Å². The van der Waals surface area contributed by atoms with Crippen LogP contribution in [-0.2, 0) is 12.8 Å². The number of hydrogen-bond donors (Lipinski definition) is 1. The van der Waals surface area contributed by atoms with Crippen molar-refractivity contribution in [1.82, 2.24) is 15.5 Å². The Bertz CT molecular complexity index is 404. The highest BCUT2D eigenvalue weighted by molar-refractivity contribution is 4.94. The molecule has 1 N–H and O–H groups in total. The van der Waals surface area contributed by atoms with E-state index in [1.165, 1.54) is 32.1 Å². The Morgan fingerprint density at radius 1 is 1.16 bits per heavy atom. The third-order valence-electron chi connectivity index (χ3n) is 4.77. The molecule has 2 bridgehead atoms. The molecule has 2 fully saturated rings. The van der Waals surface area contributed by atoms with Crippen LogP contribution in [0.4, 0.5) is 0 Å². The molecule has 0 spiro atoms. The molecule has 0 aromatic carbocycles. The fourth-order valence-corrected chi connectivity index (χ4v) is 3.82. The van der Waals surface area contributed by atoms with Crippen LogP contribution in [0.25, 0.3) is 0 Å². The zero-order valence-corrected chi connectivity index (χ0v) is 11.9. The molecule has 0 aliphatic heterocycles. The highest BCUT2D eigenvalue weighted by Gasteiger charge is 2.39. The summed E-state index contributed by atoms with van der Waals surface area (Å²) < 4.78 is 5.77. The van der Waals surface area contributed by atoms with Gasteiger partial charge in [-0.25, -0.2) is 0 Å². The summed E-state index contributed by atoms with van der Waals surface area (Å²) >= 11 is 0. The van der Waals surface area contributed by atoms with E-state index in [4.69, 9.17) is 4.42 Å². The van der Waals surface area contributed by atoms with Gasteiger partial charge in [0.25, 0.3) is 0 Å². The Balaban J connectivity index is 1.45. The van der Waals surface area contributed by atoms with Crippen LogP contribution >= 0.6 is 0 Å². The average Bonchev–Trinajstić information content (AvgIpc) is 3.11. The second kappa shape index (κ2) is 6.04. The lowest BCUT2D eigenvalue weighted by Crippen LogP contribution is -2.17. The molecular formula is C15H25N3O. The van der Waals surface area contributed by atoms with Crippen LogP contribution in [0.2, 0.25) is 0 Å². The molecule has 3 rings (SSSR count). The van der Waals surface area contributed by atoms with Crippen molar-refractivity contribution in [2.75, 3.05) is 13.1 Å². The molecule has 3 unspecified atom stereocenters. The molecule has 0 radical (unpaired) electrons. The van der Waals surface area contributed by atoms with Gasteiger partial charge in [0.05, 0.1) is 0 Å². The molecule has 3 atom stereocenters. The molecule has 1 aromatic rings. The van der Waals surface area contributed by atoms with Gasteiger partial charge in [0.1, 0.15) is 0 Å². The first kappa shape index (κ1) is 13.1. The predicted octanol–water partition coefficient (Wildman–Crippen LogP) is 2.59. The van der Waals surface area contributed by atoms with Crippen molar-refractivity contribution < 1.29 is 4.42 Å². The Labute approximate surface area is 115 Å². The number of aromatic nitrogens is 2. The van der Waals surface area contributed by atoms with Gasteiger partial charge >= 0.3 is 0 Å². The largest absolute Gasteiger partial charge is 0.425 e. The van der Waals surface area contributed by atoms with E-state index < -0.39 is 0 Å². The summed E-state index contributed by atoms with van der Waals surface area (Å²) in [7, 11) is 0. The van der Waals surface area contributed by atoms with Crippen molar-refractivity contribution in [3.63, 3.8) is 0 Å². The van der Waals surface area contributed by atoms with Crippen LogP contribution in [0.5, 0.6) is 0 Å². The summed E-state index contributed by atoms with van der Waals surface area (Å²) in [5.74, 6) is 4.40. The summed E-state index contributed by atoms with van der Waals surface area (Å²) in [5, 5.41) is 11.7. The maximum atomic E-state index is 5.77. The molecular weight excluding hydrogens is 238 g/mol. The van der Waals surface area contributed by atoms with E-state index in [0.717, 1.165) is 55.5 Å². The maximum absolute atomic E-state index is 5.77. The van der Waals surface area contributed by atoms with E-state index in [-0.39, 0.29) is 0 Å². The third kappa shape index (κ3) is 3.16. The summed E-state index contributed by atoms with van der Waals surface area (Å²) in [6.45, 7) is 4.17. The summed E-state index contributed by atoms with van der Waals surface area (Å²) in [6, 6.07) is 0. The molecule has 0 saturated heterocycles. The van der Waals surface area contributed by atoms with Gasteiger partial charge in [0, 0.05) is 19.4 Å². The van der Waals surface area contributed by atoms with Crippen LogP contribution in [0, 0.1) is 17.8 Å². The Morgan fingerprint density at radius 3 is 2.79 bits per heavy atom. The maximum Gasteiger partial charge on any atom is 0.217 e. The number of nitrogens with zero attached hydrogens (tertiary/aromatic N) is 2. The van der Waals surface area contributed by atoms with E-state index in [1.807, 2.05) is 0 Å². The van der Waals surface area contributed by atoms with Gasteiger partial charge in [-0.15, -0.1) is 10.2 Å². The fourth-order valence-electron chi connectivity index (χ4n) is 3.82. The average molecular weight is 263 g/mol. The molecule has 19 heavy (non-hydrogen) atoms. The monoisotopic (exact) mass is 263 g/mol. The molecule has 4 nitrogen and oxygen atoms in total. The van der Waals surface area contributed by atoms with E-state index in [1.54, 1.807) is 0 Å². The first-order chi connectivity index (χ1) is 9.35. The van der Waals surface area contributed by atoms with Crippen LogP contribution in [0.3, 0.4) is 0 Å². The second-order valence-corrected chi connectivity index (χ2v) is 6.23. The zero-order valence-electron chi connectivity index (χ0n) is 11.9. The Morgan fingerprint density at radius 2 is 2.05 bits per heavy atom. The molecule has 2 aliphatic rings. The Kier molecular flexibility index (Phi) is 4.16. The SMILES string of the molecule is CCCNCCc1nnc(CC2CC3CCC2C3)o1. The standard InChI is InChI=1S/C15H25N3O/c1-2-6-16-7-5-14-17-18-15(19-14)10-13-9-11-3-4-12(13)8-11/h11-13,16H,2-10H2,1H3. The quantitative estimate of drug-likeness (QED) is 0.768. The van der Waals surface area contributed by atoms with Gasteiger partial charge in [-0.1, -0.05) is 13.3 Å². The van der Waals surface area contributed by atoms with Crippen molar-refractivity contribution in [2.45, 2.75) is 51.9 Å². The smallest absolute Gasteiger partial charge is 0.217 e. The second-order valence-electron chi connectivity index (χ2n) is 6.23. The van der Waals surface area contributed by atoms with Crippen molar-refractivity contribution in [1.29, 1.82) is 0 Å². The molecule has 106 valence electrons. The minimum Gasteiger partial charge on any atom is -0.425 e. The first-order valence-corrected chi connectivity index (χ1v) is 7.87. The zero-order chi connectivity index (χ0) is 13.1. The first-order valence-electron chi connectivity index (χ1n) is 7.87. The van der Waals surface area contributed by atoms with E-state index in [2.05, 4.69) is 22.4 Å². The topological polar surface area (TPSA) is 51.0 Å². The highest BCUT2D eigenvalue weighted by Crippen LogP contribution is 2.49. The van der Waals surface area contributed by atoms with Gasteiger partial charge in [-0.3, -0.25) is 0 Å². The van der Waals surface area contributed by atoms with Gasteiger partial charge in [-0.05, 0) is 50.0 Å².